The monoisotopic (exact) mass is 506 g/mol. The van der Waals surface area contributed by atoms with Crippen molar-refractivity contribution in [2.75, 3.05) is 23.8 Å². The first kappa shape index (κ1) is 25.9. The van der Waals surface area contributed by atoms with Gasteiger partial charge < -0.3 is 25.8 Å². The summed E-state index contributed by atoms with van der Waals surface area (Å²) in [4.78, 5) is 40.8. The van der Waals surface area contributed by atoms with E-state index in [9.17, 15) is 18.8 Å². The van der Waals surface area contributed by atoms with Gasteiger partial charge in [0.1, 0.15) is 6.61 Å². The van der Waals surface area contributed by atoms with Gasteiger partial charge in [0.25, 0.3) is 5.91 Å². The van der Waals surface area contributed by atoms with E-state index < -0.39 is 35.1 Å². The standard InChI is InChI=1S/C27H27FN4O5/c1-27(2)15-37-26(35)24(27)36-14-23(33)31-19-5-3-4-16(10-19)20-11-17(6-7-18(20)12-29)25(34)32-22-8-9-30-13-21(22)28/h3-11,13,24H,12,14-15,29H2,1-2H3,(H,31,33)(H,30,32,34). The van der Waals surface area contributed by atoms with Crippen LogP contribution in [0.3, 0.4) is 0 Å². The van der Waals surface area contributed by atoms with E-state index in [1.165, 1.54) is 12.3 Å². The first-order valence-electron chi connectivity index (χ1n) is 11.6. The van der Waals surface area contributed by atoms with E-state index in [4.69, 9.17) is 15.2 Å². The van der Waals surface area contributed by atoms with Crippen molar-refractivity contribution in [3.05, 3.63) is 77.9 Å². The maximum atomic E-state index is 13.9. The Morgan fingerprint density at radius 1 is 1.19 bits per heavy atom. The number of nitrogens with one attached hydrogen (secondary N) is 2. The van der Waals surface area contributed by atoms with Gasteiger partial charge in [-0.25, -0.2) is 9.18 Å². The molecule has 1 unspecified atom stereocenters. The lowest BCUT2D eigenvalue weighted by molar-refractivity contribution is -0.149. The number of esters is 1. The Labute approximate surface area is 213 Å². The number of hydrogen-bond donors (Lipinski definition) is 3. The van der Waals surface area contributed by atoms with Gasteiger partial charge >= 0.3 is 5.97 Å². The Bertz CT molecular complexity index is 1340. The predicted octanol–water partition coefficient (Wildman–Crippen LogP) is 3.51. The number of halogens is 1. The zero-order chi connectivity index (χ0) is 26.6. The number of nitrogens with two attached hydrogens (primary N) is 1. The Morgan fingerprint density at radius 2 is 2.00 bits per heavy atom. The molecule has 0 radical (unpaired) electrons. The third kappa shape index (κ3) is 5.99. The lowest BCUT2D eigenvalue weighted by Gasteiger charge is -2.21. The van der Waals surface area contributed by atoms with Crippen molar-refractivity contribution in [2.24, 2.45) is 11.1 Å². The van der Waals surface area contributed by atoms with Crippen molar-refractivity contribution in [1.82, 2.24) is 4.98 Å². The van der Waals surface area contributed by atoms with Gasteiger partial charge in [0.15, 0.2) is 11.9 Å². The molecule has 4 N–H and O–H groups in total. The minimum absolute atomic E-state index is 0.0191. The molecule has 0 saturated carbocycles. The van der Waals surface area contributed by atoms with Crippen molar-refractivity contribution in [3.63, 3.8) is 0 Å². The summed E-state index contributed by atoms with van der Waals surface area (Å²) in [6.07, 6.45) is 1.59. The van der Waals surface area contributed by atoms with Gasteiger partial charge in [0, 0.05) is 29.4 Å². The average Bonchev–Trinajstić information content (AvgIpc) is 3.15. The SMILES string of the molecule is CC1(C)COC(=O)C1OCC(=O)Nc1cccc(-c2cc(C(=O)Nc3ccncc3F)ccc2CN)c1. The quantitative estimate of drug-likeness (QED) is 0.398. The van der Waals surface area contributed by atoms with E-state index >= 15 is 0 Å². The molecule has 37 heavy (non-hydrogen) atoms. The zero-order valence-electron chi connectivity index (χ0n) is 20.4. The fourth-order valence-corrected chi connectivity index (χ4v) is 3.98. The van der Waals surface area contributed by atoms with E-state index in [2.05, 4.69) is 15.6 Å². The van der Waals surface area contributed by atoms with E-state index in [-0.39, 0.29) is 25.4 Å². The van der Waals surface area contributed by atoms with Crippen LogP contribution in [0.4, 0.5) is 15.8 Å². The van der Waals surface area contributed by atoms with E-state index in [1.54, 1.807) is 36.4 Å². The molecule has 1 aliphatic rings. The van der Waals surface area contributed by atoms with Gasteiger partial charge in [-0.05, 0) is 47.0 Å². The van der Waals surface area contributed by atoms with Crippen molar-refractivity contribution in [3.8, 4) is 11.1 Å². The number of hydrogen-bond acceptors (Lipinski definition) is 7. The number of rotatable bonds is 8. The Morgan fingerprint density at radius 3 is 2.70 bits per heavy atom. The molecule has 2 aromatic carbocycles. The number of nitrogens with zero attached hydrogens (tertiary/aromatic N) is 1. The average molecular weight is 507 g/mol. The number of benzene rings is 2. The number of carbonyl (C=O) groups excluding carboxylic acids is 3. The largest absolute Gasteiger partial charge is 0.463 e. The van der Waals surface area contributed by atoms with Crippen molar-refractivity contribution in [1.29, 1.82) is 0 Å². The summed E-state index contributed by atoms with van der Waals surface area (Å²) >= 11 is 0. The highest BCUT2D eigenvalue weighted by Crippen LogP contribution is 2.31. The summed E-state index contributed by atoms with van der Waals surface area (Å²) in [6.45, 7) is 3.80. The third-order valence-corrected chi connectivity index (χ3v) is 5.96. The molecule has 1 atom stereocenters. The topological polar surface area (TPSA) is 133 Å². The maximum absolute atomic E-state index is 13.9. The highest BCUT2D eigenvalue weighted by Gasteiger charge is 2.44. The number of cyclic esters (lactones) is 1. The smallest absolute Gasteiger partial charge is 0.335 e. The van der Waals surface area contributed by atoms with Crippen LogP contribution >= 0.6 is 0 Å². The van der Waals surface area contributed by atoms with Crippen LogP contribution in [0.25, 0.3) is 11.1 Å². The van der Waals surface area contributed by atoms with Crippen LogP contribution in [0.15, 0.2) is 60.9 Å². The van der Waals surface area contributed by atoms with Crippen LogP contribution < -0.4 is 16.4 Å². The van der Waals surface area contributed by atoms with E-state index in [1.807, 2.05) is 19.9 Å². The van der Waals surface area contributed by atoms with Crippen molar-refractivity contribution >= 4 is 29.2 Å². The number of ether oxygens (including phenoxy) is 2. The van der Waals surface area contributed by atoms with Gasteiger partial charge in [0.05, 0.1) is 18.5 Å². The summed E-state index contributed by atoms with van der Waals surface area (Å²) in [6, 6.07) is 13.4. The maximum Gasteiger partial charge on any atom is 0.335 e. The highest BCUT2D eigenvalue weighted by atomic mass is 19.1. The number of pyridine rings is 1. The molecule has 192 valence electrons. The molecule has 1 fully saturated rings. The number of anilines is 2. The van der Waals surface area contributed by atoms with Crippen molar-refractivity contribution < 1.29 is 28.2 Å². The Balaban J connectivity index is 1.49. The van der Waals surface area contributed by atoms with E-state index in [0.717, 1.165) is 11.8 Å². The number of amides is 2. The fraction of sp³-hybridized carbons (Fsp3) is 0.259. The third-order valence-electron chi connectivity index (χ3n) is 5.96. The molecule has 2 heterocycles. The molecular formula is C27H27FN4O5. The summed E-state index contributed by atoms with van der Waals surface area (Å²) in [5.41, 5.74) is 8.41. The van der Waals surface area contributed by atoms with Crippen LogP contribution in [-0.4, -0.2) is 42.1 Å². The lowest BCUT2D eigenvalue weighted by atomic mass is 9.90. The van der Waals surface area contributed by atoms with Gasteiger partial charge in [-0.3, -0.25) is 14.6 Å². The lowest BCUT2D eigenvalue weighted by Crippen LogP contribution is -2.35. The second-order valence-electron chi connectivity index (χ2n) is 9.30. The molecule has 9 nitrogen and oxygen atoms in total. The second-order valence-corrected chi connectivity index (χ2v) is 9.30. The molecule has 0 aliphatic carbocycles. The number of aromatic nitrogens is 1. The molecule has 0 bridgehead atoms. The molecule has 1 aliphatic heterocycles. The van der Waals surface area contributed by atoms with Crippen LogP contribution in [0.5, 0.6) is 0 Å². The summed E-state index contributed by atoms with van der Waals surface area (Å²) in [5.74, 6) is -2.05. The van der Waals surface area contributed by atoms with Crippen molar-refractivity contribution in [2.45, 2.75) is 26.5 Å². The molecule has 2 amide bonds. The van der Waals surface area contributed by atoms with Gasteiger partial charge in [0.2, 0.25) is 5.91 Å². The molecule has 1 aromatic heterocycles. The molecule has 0 spiro atoms. The molecule has 3 aromatic rings. The Hall–Kier alpha value is -4.15. The number of carbonyl (C=O) groups is 3. The fourth-order valence-electron chi connectivity index (χ4n) is 3.98. The first-order valence-corrected chi connectivity index (χ1v) is 11.6. The van der Waals surface area contributed by atoms with Gasteiger partial charge in [-0.1, -0.05) is 32.0 Å². The molecule has 10 heteroatoms. The molecule has 1 saturated heterocycles. The zero-order valence-corrected chi connectivity index (χ0v) is 20.4. The normalized spacial score (nSPS) is 16.2. The first-order chi connectivity index (χ1) is 17.7. The highest BCUT2D eigenvalue weighted by molar-refractivity contribution is 6.05. The summed E-state index contributed by atoms with van der Waals surface area (Å²) < 4.78 is 24.5. The Kier molecular flexibility index (Phi) is 7.61. The van der Waals surface area contributed by atoms with Gasteiger partial charge in [-0.15, -0.1) is 0 Å². The minimum Gasteiger partial charge on any atom is -0.463 e. The van der Waals surface area contributed by atoms with Crippen LogP contribution in [-0.2, 0) is 25.6 Å². The van der Waals surface area contributed by atoms with Gasteiger partial charge in [-0.2, -0.15) is 0 Å². The minimum atomic E-state index is -0.814. The van der Waals surface area contributed by atoms with E-state index in [0.29, 0.717) is 22.4 Å². The molecule has 4 rings (SSSR count). The predicted molar refractivity (Wildman–Crippen MR) is 135 cm³/mol. The molecular weight excluding hydrogens is 479 g/mol. The van der Waals surface area contributed by atoms with Crippen LogP contribution in [0, 0.1) is 11.2 Å². The summed E-state index contributed by atoms with van der Waals surface area (Å²) in [5, 5.41) is 5.29. The van der Waals surface area contributed by atoms with Crippen LogP contribution in [0.1, 0.15) is 29.8 Å². The summed E-state index contributed by atoms with van der Waals surface area (Å²) in [7, 11) is 0. The second kappa shape index (κ2) is 10.9. The van der Waals surface area contributed by atoms with Crippen LogP contribution in [0.2, 0.25) is 0 Å².